The molecule has 0 aliphatic carbocycles. The third kappa shape index (κ3) is 3.55. The van der Waals surface area contributed by atoms with Gasteiger partial charge in [-0.05, 0) is 28.8 Å². The summed E-state index contributed by atoms with van der Waals surface area (Å²) in [5.74, 6) is 0. The predicted molar refractivity (Wildman–Crippen MR) is 92.3 cm³/mol. The first-order valence-electron chi connectivity index (χ1n) is 7.36. The van der Waals surface area contributed by atoms with E-state index < -0.39 is 0 Å². The van der Waals surface area contributed by atoms with Gasteiger partial charge < -0.3 is 5.32 Å². The molecule has 0 radical (unpaired) electrons. The number of anilines is 1. The van der Waals surface area contributed by atoms with E-state index in [1.54, 1.807) is 12.1 Å². The van der Waals surface area contributed by atoms with E-state index in [1.807, 2.05) is 66.7 Å². The van der Waals surface area contributed by atoms with E-state index in [0.29, 0.717) is 12.2 Å². The summed E-state index contributed by atoms with van der Waals surface area (Å²) in [6, 6.07) is 24.8. The molecule has 23 heavy (non-hydrogen) atoms. The number of hydrogen-bond donors (Lipinski definition) is 1. The van der Waals surface area contributed by atoms with E-state index in [-0.39, 0.29) is 10.6 Å². The number of nitrogens with one attached hydrogen (secondary N) is 1. The van der Waals surface area contributed by atoms with Crippen LogP contribution in [0.5, 0.6) is 0 Å². The Kier molecular flexibility index (Phi) is 4.34. The van der Waals surface area contributed by atoms with Crippen molar-refractivity contribution in [3.63, 3.8) is 0 Å². The molecule has 3 aromatic carbocycles. The highest BCUT2D eigenvalue weighted by atomic mass is 16.6. The highest BCUT2D eigenvalue weighted by molar-refractivity contribution is 5.74. The van der Waals surface area contributed by atoms with E-state index in [2.05, 4.69) is 5.32 Å². The molecule has 3 rings (SSSR count). The molecule has 3 aromatic rings. The van der Waals surface area contributed by atoms with Crippen molar-refractivity contribution >= 4 is 11.4 Å². The summed E-state index contributed by atoms with van der Waals surface area (Å²) in [5, 5.41) is 14.4. The number of nitro benzene ring substituents is 1. The number of nitrogens with zero attached hydrogens (tertiary/aromatic N) is 1. The van der Waals surface area contributed by atoms with Crippen LogP contribution in [0.4, 0.5) is 11.4 Å². The van der Waals surface area contributed by atoms with Gasteiger partial charge in [-0.1, -0.05) is 60.7 Å². The lowest BCUT2D eigenvalue weighted by Gasteiger charge is -2.10. The molecular weight excluding hydrogens is 288 g/mol. The molecule has 0 atom stereocenters. The Labute approximate surface area is 134 Å². The van der Waals surface area contributed by atoms with Crippen molar-refractivity contribution in [3.8, 4) is 11.1 Å². The second-order valence-electron chi connectivity index (χ2n) is 5.19. The van der Waals surface area contributed by atoms with Crippen LogP contribution in [0.15, 0.2) is 78.9 Å². The minimum absolute atomic E-state index is 0.0839. The van der Waals surface area contributed by atoms with Gasteiger partial charge in [0.15, 0.2) is 0 Å². The Morgan fingerprint density at radius 2 is 1.48 bits per heavy atom. The molecule has 0 aliphatic rings. The summed E-state index contributed by atoms with van der Waals surface area (Å²) in [6.07, 6.45) is 0. The van der Waals surface area contributed by atoms with E-state index in [1.165, 1.54) is 0 Å². The van der Waals surface area contributed by atoms with Crippen LogP contribution < -0.4 is 5.32 Å². The third-order valence-electron chi connectivity index (χ3n) is 3.63. The van der Waals surface area contributed by atoms with Gasteiger partial charge in [-0.3, -0.25) is 10.1 Å². The van der Waals surface area contributed by atoms with E-state index in [0.717, 1.165) is 16.7 Å². The fraction of sp³-hybridized carbons (Fsp3) is 0.0526. The lowest BCUT2D eigenvalue weighted by atomic mass is 10.0. The molecule has 0 fully saturated rings. The normalized spacial score (nSPS) is 10.3. The van der Waals surface area contributed by atoms with Gasteiger partial charge in [0.05, 0.1) is 4.92 Å². The van der Waals surface area contributed by atoms with Crippen LogP contribution in [0.3, 0.4) is 0 Å². The van der Waals surface area contributed by atoms with Crippen molar-refractivity contribution in [1.29, 1.82) is 0 Å². The summed E-state index contributed by atoms with van der Waals surface area (Å²) >= 11 is 0. The summed E-state index contributed by atoms with van der Waals surface area (Å²) in [6.45, 7) is 0.542. The molecule has 114 valence electrons. The van der Waals surface area contributed by atoms with Crippen LogP contribution in [0.2, 0.25) is 0 Å². The standard InChI is InChI=1S/C19H16N2O2/c22-21(23)19-12-11-17(16-9-5-2-6-10-16)13-18(19)20-14-15-7-3-1-4-8-15/h1-13,20H,14H2. The highest BCUT2D eigenvalue weighted by Crippen LogP contribution is 2.30. The van der Waals surface area contributed by atoms with Gasteiger partial charge in [-0.25, -0.2) is 0 Å². The molecule has 0 amide bonds. The molecule has 0 saturated heterocycles. The molecule has 1 N–H and O–H groups in total. The largest absolute Gasteiger partial charge is 0.375 e. The zero-order valence-electron chi connectivity index (χ0n) is 12.5. The Balaban J connectivity index is 1.91. The van der Waals surface area contributed by atoms with Crippen molar-refractivity contribution in [2.75, 3.05) is 5.32 Å². The van der Waals surface area contributed by atoms with Crippen LogP contribution in [-0.4, -0.2) is 4.92 Å². The SMILES string of the molecule is O=[N+]([O-])c1ccc(-c2ccccc2)cc1NCc1ccccc1. The summed E-state index contributed by atoms with van der Waals surface area (Å²) in [7, 11) is 0. The molecule has 4 heteroatoms. The topological polar surface area (TPSA) is 55.2 Å². The van der Waals surface area contributed by atoms with Crippen molar-refractivity contribution < 1.29 is 4.92 Å². The minimum atomic E-state index is -0.359. The molecule has 0 heterocycles. The Hall–Kier alpha value is -3.14. The van der Waals surface area contributed by atoms with Crippen LogP contribution >= 0.6 is 0 Å². The molecule has 0 aromatic heterocycles. The second kappa shape index (κ2) is 6.75. The van der Waals surface area contributed by atoms with E-state index >= 15 is 0 Å². The molecular formula is C19H16N2O2. The minimum Gasteiger partial charge on any atom is -0.375 e. The predicted octanol–water partition coefficient (Wildman–Crippen LogP) is 4.87. The maximum Gasteiger partial charge on any atom is 0.292 e. The number of benzene rings is 3. The fourth-order valence-electron chi connectivity index (χ4n) is 2.44. The van der Waals surface area contributed by atoms with Crippen LogP contribution in [0, 0.1) is 10.1 Å². The van der Waals surface area contributed by atoms with Crippen molar-refractivity contribution in [2.24, 2.45) is 0 Å². The van der Waals surface area contributed by atoms with Crippen LogP contribution in [-0.2, 0) is 6.54 Å². The maximum absolute atomic E-state index is 11.2. The average molecular weight is 304 g/mol. The zero-order chi connectivity index (χ0) is 16.1. The Bertz CT molecular complexity index is 802. The number of nitro groups is 1. The summed E-state index contributed by atoms with van der Waals surface area (Å²) in [4.78, 5) is 10.9. The van der Waals surface area contributed by atoms with Crippen LogP contribution in [0.25, 0.3) is 11.1 Å². The highest BCUT2D eigenvalue weighted by Gasteiger charge is 2.14. The van der Waals surface area contributed by atoms with Gasteiger partial charge in [0.25, 0.3) is 5.69 Å². The Morgan fingerprint density at radius 3 is 2.13 bits per heavy atom. The zero-order valence-corrected chi connectivity index (χ0v) is 12.5. The first kappa shape index (κ1) is 14.8. The quantitative estimate of drug-likeness (QED) is 0.540. The van der Waals surface area contributed by atoms with Crippen LogP contribution in [0.1, 0.15) is 5.56 Å². The van der Waals surface area contributed by atoms with Gasteiger partial charge in [0.2, 0.25) is 0 Å². The monoisotopic (exact) mass is 304 g/mol. The van der Waals surface area contributed by atoms with Gasteiger partial charge in [-0.2, -0.15) is 0 Å². The third-order valence-corrected chi connectivity index (χ3v) is 3.63. The van der Waals surface area contributed by atoms with Crippen molar-refractivity contribution in [3.05, 3.63) is 94.5 Å². The van der Waals surface area contributed by atoms with E-state index in [9.17, 15) is 10.1 Å². The molecule has 4 nitrogen and oxygen atoms in total. The van der Waals surface area contributed by atoms with Gasteiger partial charge in [0.1, 0.15) is 5.69 Å². The van der Waals surface area contributed by atoms with Crippen molar-refractivity contribution in [1.82, 2.24) is 0 Å². The first-order chi connectivity index (χ1) is 11.2. The van der Waals surface area contributed by atoms with E-state index in [4.69, 9.17) is 0 Å². The summed E-state index contributed by atoms with van der Waals surface area (Å²) in [5.41, 5.74) is 3.67. The average Bonchev–Trinajstić information content (AvgIpc) is 2.61. The van der Waals surface area contributed by atoms with Gasteiger partial charge >= 0.3 is 0 Å². The van der Waals surface area contributed by atoms with Crippen molar-refractivity contribution in [2.45, 2.75) is 6.54 Å². The van der Waals surface area contributed by atoms with Gasteiger partial charge in [-0.15, -0.1) is 0 Å². The smallest absolute Gasteiger partial charge is 0.292 e. The molecule has 0 unspecified atom stereocenters. The lowest BCUT2D eigenvalue weighted by Crippen LogP contribution is -2.02. The maximum atomic E-state index is 11.2. The second-order valence-corrected chi connectivity index (χ2v) is 5.19. The number of hydrogen-bond acceptors (Lipinski definition) is 3. The first-order valence-corrected chi connectivity index (χ1v) is 7.36. The number of rotatable bonds is 5. The summed E-state index contributed by atoms with van der Waals surface area (Å²) < 4.78 is 0. The molecule has 0 bridgehead atoms. The lowest BCUT2D eigenvalue weighted by molar-refractivity contribution is -0.384. The molecule has 0 aliphatic heterocycles. The molecule has 0 saturated carbocycles. The fourth-order valence-corrected chi connectivity index (χ4v) is 2.44. The Morgan fingerprint density at radius 1 is 0.826 bits per heavy atom. The van der Waals surface area contributed by atoms with Gasteiger partial charge in [0, 0.05) is 12.6 Å². The molecule has 0 spiro atoms.